The Hall–Kier alpha value is -3.16. The minimum Gasteiger partial charge on any atom is -0.490 e. The first-order chi connectivity index (χ1) is 15.2. The van der Waals surface area contributed by atoms with Gasteiger partial charge in [0, 0.05) is 35.7 Å². The van der Waals surface area contributed by atoms with Gasteiger partial charge in [-0.3, -0.25) is 4.79 Å². The molecule has 0 unspecified atom stereocenters. The number of hydrogen-bond acceptors (Lipinski definition) is 6. The maximum atomic E-state index is 12.6. The molecule has 2 aromatic heterocycles. The van der Waals surface area contributed by atoms with Gasteiger partial charge in [-0.15, -0.1) is 11.3 Å². The normalized spacial score (nSPS) is 14.6. The van der Waals surface area contributed by atoms with Crippen LogP contribution in [0.4, 0.5) is 11.4 Å². The van der Waals surface area contributed by atoms with Crippen LogP contribution in [0, 0.1) is 6.92 Å². The van der Waals surface area contributed by atoms with E-state index in [0.717, 1.165) is 64.8 Å². The lowest BCUT2D eigenvalue weighted by Gasteiger charge is -2.23. The monoisotopic (exact) mass is 433 g/mol. The Morgan fingerprint density at radius 3 is 2.71 bits per heavy atom. The standard InChI is InChI=1S/C24H23N3O3S/c1-15-26-22(14-31-15)17-12-16-6-9-25-24(28)23(16)21(13-17)27-18-2-4-19(5-3-18)30-20-7-10-29-11-8-20/h2-6,9,12-14,20,27H,7-8,10-11H2,1H3,(H,25,28). The summed E-state index contributed by atoms with van der Waals surface area (Å²) in [6, 6.07) is 13.8. The highest BCUT2D eigenvalue weighted by Gasteiger charge is 2.15. The second-order valence-electron chi connectivity index (χ2n) is 7.63. The van der Waals surface area contributed by atoms with Crippen molar-refractivity contribution in [3.63, 3.8) is 0 Å². The third kappa shape index (κ3) is 4.33. The number of nitrogens with zero attached hydrogens (tertiary/aromatic N) is 1. The second-order valence-corrected chi connectivity index (χ2v) is 8.69. The van der Waals surface area contributed by atoms with Crippen LogP contribution in [0.1, 0.15) is 17.8 Å². The van der Waals surface area contributed by atoms with Gasteiger partial charge in [0.25, 0.3) is 5.56 Å². The van der Waals surface area contributed by atoms with E-state index in [4.69, 9.17) is 9.47 Å². The summed E-state index contributed by atoms with van der Waals surface area (Å²) in [5, 5.41) is 7.96. The van der Waals surface area contributed by atoms with E-state index in [9.17, 15) is 4.79 Å². The predicted molar refractivity (Wildman–Crippen MR) is 125 cm³/mol. The van der Waals surface area contributed by atoms with Crippen molar-refractivity contribution >= 4 is 33.5 Å². The summed E-state index contributed by atoms with van der Waals surface area (Å²) in [7, 11) is 0. The molecule has 0 saturated carbocycles. The zero-order chi connectivity index (χ0) is 21.2. The van der Waals surface area contributed by atoms with E-state index < -0.39 is 0 Å². The predicted octanol–water partition coefficient (Wildman–Crippen LogP) is 5.26. The average Bonchev–Trinajstić information content (AvgIpc) is 3.22. The second kappa shape index (κ2) is 8.53. The molecule has 7 heteroatoms. The first kappa shape index (κ1) is 19.8. The molecule has 4 aromatic rings. The van der Waals surface area contributed by atoms with Crippen LogP contribution in [-0.4, -0.2) is 29.3 Å². The fourth-order valence-electron chi connectivity index (χ4n) is 3.83. The van der Waals surface area contributed by atoms with Gasteiger partial charge in [-0.05, 0) is 54.8 Å². The van der Waals surface area contributed by atoms with Crippen LogP contribution in [0.5, 0.6) is 5.75 Å². The lowest BCUT2D eigenvalue weighted by molar-refractivity contribution is 0.0256. The van der Waals surface area contributed by atoms with Crippen molar-refractivity contribution in [1.29, 1.82) is 0 Å². The smallest absolute Gasteiger partial charge is 0.257 e. The highest BCUT2D eigenvalue weighted by molar-refractivity contribution is 7.09. The van der Waals surface area contributed by atoms with Crippen LogP contribution in [-0.2, 0) is 4.74 Å². The first-order valence-corrected chi connectivity index (χ1v) is 11.2. The molecule has 1 aliphatic heterocycles. The number of H-pyrrole nitrogens is 1. The van der Waals surface area contributed by atoms with Crippen LogP contribution in [0.25, 0.3) is 22.0 Å². The van der Waals surface area contributed by atoms with E-state index in [2.05, 4.69) is 15.3 Å². The van der Waals surface area contributed by atoms with Crippen molar-refractivity contribution in [1.82, 2.24) is 9.97 Å². The lowest BCUT2D eigenvalue weighted by atomic mass is 10.0. The number of ether oxygens (including phenoxy) is 2. The number of rotatable bonds is 5. The van der Waals surface area contributed by atoms with E-state index in [1.54, 1.807) is 17.5 Å². The Kier molecular flexibility index (Phi) is 5.44. The molecule has 1 saturated heterocycles. The van der Waals surface area contributed by atoms with Crippen molar-refractivity contribution in [2.75, 3.05) is 18.5 Å². The number of benzene rings is 2. The molecule has 2 N–H and O–H groups in total. The lowest BCUT2D eigenvalue weighted by Crippen LogP contribution is -2.25. The Balaban J connectivity index is 1.45. The summed E-state index contributed by atoms with van der Waals surface area (Å²) >= 11 is 1.61. The molecule has 31 heavy (non-hydrogen) atoms. The highest BCUT2D eigenvalue weighted by atomic mass is 32.1. The number of hydrogen-bond donors (Lipinski definition) is 2. The summed E-state index contributed by atoms with van der Waals surface area (Å²) in [6.45, 7) is 3.49. The zero-order valence-electron chi connectivity index (χ0n) is 17.2. The van der Waals surface area contributed by atoms with Gasteiger partial charge in [0.1, 0.15) is 11.9 Å². The van der Waals surface area contributed by atoms with Crippen molar-refractivity contribution in [2.24, 2.45) is 0 Å². The maximum Gasteiger partial charge on any atom is 0.257 e. The molecule has 0 bridgehead atoms. The summed E-state index contributed by atoms with van der Waals surface area (Å²) in [4.78, 5) is 20.0. The SMILES string of the molecule is Cc1nc(-c2cc(Nc3ccc(OC4CCOCC4)cc3)c3c(=O)[nH]ccc3c2)cs1. The van der Waals surface area contributed by atoms with Gasteiger partial charge in [0.05, 0.1) is 35.0 Å². The fraction of sp³-hybridized carbons (Fsp3) is 0.250. The molecule has 0 amide bonds. The number of nitrogens with one attached hydrogen (secondary N) is 2. The minimum atomic E-state index is -0.125. The Morgan fingerprint density at radius 2 is 1.97 bits per heavy atom. The number of fused-ring (bicyclic) bond motifs is 1. The number of aromatic nitrogens is 2. The molecule has 6 nitrogen and oxygen atoms in total. The van der Waals surface area contributed by atoms with Gasteiger partial charge in [-0.2, -0.15) is 0 Å². The molecule has 0 atom stereocenters. The van der Waals surface area contributed by atoms with Gasteiger partial charge < -0.3 is 19.8 Å². The van der Waals surface area contributed by atoms with Crippen molar-refractivity contribution in [3.8, 4) is 17.0 Å². The molecular formula is C24H23N3O3S. The van der Waals surface area contributed by atoms with Gasteiger partial charge in [-0.1, -0.05) is 0 Å². The molecular weight excluding hydrogens is 410 g/mol. The molecule has 0 radical (unpaired) electrons. The third-order valence-electron chi connectivity index (χ3n) is 5.39. The molecule has 5 rings (SSSR count). The number of aromatic amines is 1. The fourth-order valence-corrected chi connectivity index (χ4v) is 4.45. The highest BCUT2D eigenvalue weighted by Crippen LogP contribution is 2.32. The van der Waals surface area contributed by atoms with E-state index in [0.29, 0.717) is 5.39 Å². The molecule has 1 aliphatic rings. The Morgan fingerprint density at radius 1 is 1.16 bits per heavy atom. The van der Waals surface area contributed by atoms with Crippen LogP contribution in [0.15, 0.2) is 58.8 Å². The average molecular weight is 434 g/mol. The van der Waals surface area contributed by atoms with Gasteiger partial charge in [-0.25, -0.2) is 4.98 Å². The molecule has 158 valence electrons. The van der Waals surface area contributed by atoms with E-state index in [-0.39, 0.29) is 11.7 Å². The van der Waals surface area contributed by atoms with Gasteiger partial charge in [0.15, 0.2) is 0 Å². The van der Waals surface area contributed by atoms with E-state index in [1.807, 2.05) is 54.8 Å². The molecule has 2 aromatic carbocycles. The third-order valence-corrected chi connectivity index (χ3v) is 6.17. The van der Waals surface area contributed by atoms with Crippen molar-refractivity contribution in [3.05, 3.63) is 69.4 Å². The van der Waals surface area contributed by atoms with E-state index >= 15 is 0 Å². The number of anilines is 2. The topological polar surface area (TPSA) is 76.2 Å². The zero-order valence-corrected chi connectivity index (χ0v) is 18.0. The van der Waals surface area contributed by atoms with Gasteiger partial charge >= 0.3 is 0 Å². The summed E-state index contributed by atoms with van der Waals surface area (Å²) in [6.07, 6.45) is 3.70. The van der Waals surface area contributed by atoms with Crippen LogP contribution < -0.4 is 15.6 Å². The molecule has 0 aliphatic carbocycles. The van der Waals surface area contributed by atoms with Gasteiger partial charge in [0.2, 0.25) is 0 Å². The number of aryl methyl sites for hydroxylation is 1. The number of pyridine rings is 1. The number of thiazole rings is 1. The van der Waals surface area contributed by atoms with Crippen LogP contribution >= 0.6 is 11.3 Å². The first-order valence-electron chi connectivity index (χ1n) is 10.4. The van der Waals surface area contributed by atoms with Crippen LogP contribution in [0.3, 0.4) is 0 Å². The molecule has 0 spiro atoms. The largest absolute Gasteiger partial charge is 0.490 e. The minimum absolute atomic E-state index is 0.125. The quantitative estimate of drug-likeness (QED) is 0.449. The summed E-state index contributed by atoms with van der Waals surface area (Å²) in [5.74, 6) is 0.840. The molecule has 1 fully saturated rings. The Bertz CT molecular complexity index is 1260. The van der Waals surface area contributed by atoms with Crippen molar-refractivity contribution < 1.29 is 9.47 Å². The molecule has 3 heterocycles. The summed E-state index contributed by atoms with van der Waals surface area (Å²) in [5.41, 5.74) is 3.39. The Labute approximate surface area is 183 Å². The van der Waals surface area contributed by atoms with Crippen LogP contribution in [0.2, 0.25) is 0 Å². The summed E-state index contributed by atoms with van der Waals surface area (Å²) < 4.78 is 11.4. The van der Waals surface area contributed by atoms with Crippen molar-refractivity contribution in [2.45, 2.75) is 25.9 Å². The maximum absolute atomic E-state index is 12.6. The van der Waals surface area contributed by atoms with E-state index in [1.165, 1.54) is 0 Å².